The molecule has 33 heavy (non-hydrogen) atoms. The lowest BCUT2D eigenvalue weighted by molar-refractivity contribution is -0.121. The molecule has 2 aromatic heterocycles. The van der Waals surface area contributed by atoms with Crippen molar-refractivity contribution in [3.63, 3.8) is 0 Å². The van der Waals surface area contributed by atoms with E-state index < -0.39 is 0 Å². The number of carbonyl (C=O) groups is 3. The first-order valence-corrected chi connectivity index (χ1v) is 11.4. The first kappa shape index (κ1) is 21.2. The quantitative estimate of drug-likeness (QED) is 0.385. The molecule has 1 aliphatic heterocycles. The molecule has 1 fully saturated rings. The van der Waals surface area contributed by atoms with Crippen LogP contribution in [0.3, 0.4) is 0 Å². The van der Waals surface area contributed by atoms with E-state index in [1.165, 1.54) is 16.2 Å². The maximum Gasteiger partial charge on any atom is 0.260 e. The van der Waals surface area contributed by atoms with E-state index in [9.17, 15) is 14.4 Å². The van der Waals surface area contributed by atoms with Gasteiger partial charge < -0.3 is 0 Å². The second-order valence-electron chi connectivity index (χ2n) is 7.47. The number of hydrogen-bond acceptors (Lipinski definition) is 6. The van der Waals surface area contributed by atoms with Gasteiger partial charge in [-0.2, -0.15) is 0 Å². The van der Waals surface area contributed by atoms with Gasteiger partial charge in [-0.1, -0.05) is 41.1 Å². The summed E-state index contributed by atoms with van der Waals surface area (Å²) >= 11 is 7.67. The number of amides is 3. The van der Waals surface area contributed by atoms with Gasteiger partial charge in [-0.3, -0.25) is 29.2 Å². The van der Waals surface area contributed by atoms with Gasteiger partial charge in [0.1, 0.15) is 5.52 Å². The molecule has 4 aromatic rings. The number of rotatable bonds is 5. The van der Waals surface area contributed by atoms with E-state index in [1.807, 2.05) is 24.3 Å². The van der Waals surface area contributed by atoms with E-state index in [0.29, 0.717) is 32.6 Å². The van der Waals surface area contributed by atoms with Gasteiger partial charge in [0, 0.05) is 24.6 Å². The molecule has 3 heterocycles. The molecule has 164 valence electrons. The van der Waals surface area contributed by atoms with Crippen LogP contribution in [0, 0.1) is 0 Å². The highest BCUT2D eigenvalue weighted by atomic mass is 35.5. The summed E-state index contributed by atoms with van der Waals surface area (Å²) in [7, 11) is 0. The number of para-hydroxylation sites is 1. The van der Waals surface area contributed by atoms with Crippen molar-refractivity contribution in [2.75, 3.05) is 9.80 Å². The van der Waals surface area contributed by atoms with Crippen molar-refractivity contribution in [3.8, 4) is 0 Å². The lowest BCUT2D eigenvalue weighted by atomic mass is 10.1. The van der Waals surface area contributed by atoms with Crippen LogP contribution in [0.1, 0.15) is 28.9 Å². The van der Waals surface area contributed by atoms with Crippen LogP contribution in [0.15, 0.2) is 66.9 Å². The van der Waals surface area contributed by atoms with E-state index in [1.54, 1.807) is 42.6 Å². The van der Waals surface area contributed by atoms with Crippen LogP contribution in [0.5, 0.6) is 0 Å². The molecule has 5 rings (SSSR count). The van der Waals surface area contributed by atoms with Crippen molar-refractivity contribution in [2.45, 2.75) is 19.4 Å². The van der Waals surface area contributed by atoms with Crippen LogP contribution in [0.4, 0.5) is 10.8 Å². The topological polar surface area (TPSA) is 83.5 Å². The van der Waals surface area contributed by atoms with E-state index >= 15 is 0 Å². The van der Waals surface area contributed by atoms with E-state index in [-0.39, 0.29) is 37.1 Å². The second kappa shape index (κ2) is 8.73. The van der Waals surface area contributed by atoms with Crippen molar-refractivity contribution in [2.24, 2.45) is 0 Å². The number of pyridine rings is 1. The minimum Gasteiger partial charge on any atom is -0.278 e. The third-order valence-corrected chi connectivity index (χ3v) is 6.63. The molecule has 0 saturated carbocycles. The van der Waals surface area contributed by atoms with Gasteiger partial charge in [-0.05, 0) is 42.5 Å². The highest BCUT2D eigenvalue weighted by Gasteiger charge is 2.31. The Morgan fingerprint density at radius 1 is 1.03 bits per heavy atom. The number of aromatic nitrogens is 2. The Morgan fingerprint density at radius 2 is 1.82 bits per heavy atom. The Morgan fingerprint density at radius 3 is 2.55 bits per heavy atom. The lowest BCUT2D eigenvalue weighted by Crippen LogP contribution is -2.32. The van der Waals surface area contributed by atoms with Crippen molar-refractivity contribution in [3.05, 3.63) is 83.1 Å². The summed E-state index contributed by atoms with van der Waals surface area (Å²) in [5.74, 6) is -0.858. The third kappa shape index (κ3) is 4.10. The first-order valence-electron chi connectivity index (χ1n) is 10.2. The molecule has 9 heteroatoms. The number of hydrogen-bond donors (Lipinski definition) is 0. The molecular weight excluding hydrogens is 460 g/mol. The SMILES string of the molecule is O=C(c1cccc(N2C(=O)CCC2=O)c1)N(Cc1ccccn1)c1nc2c(Cl)cccc2s1. The molecule has 1 aliphatic rings. The molecule has 7 nitrogen and oxygen atoms in total. The number of nitrogens with zero attached hydrogens (tertiary/aromatic N) is 4. The van der Waals surface area contributed by atoms with Crippen LogP contribution in [0.25, 0.3) is 10.2 Å². The van der Waals surface area contributed by atoms with Gasteiger partial charge in [-0.15, -0.1) is 0 Å². The molecule has 0 N–H and O–H groups in total. The molecule has 0 spiro atoms. The number of thiazole rings is 1. The summed E-state index contributed by atoms with van der Waals surface area (Å²) in [5, 5.41) is 0.987. The summed E-state index contributed by atoms with van der Waals surface area (Å²) in [4.78, 5) is 49.7. The summed E-state index contributed by atoms with van der Waals surface area (Å²) in [5.41, 5.74) is 2.04. The Labute approximate surface area is 198 Å². The fourth-order valence-electron chi connectivity index (χ4n) is 3.70. The van der Waals surface area contributed by atoms with Crippen LogP contribution in [-0.2, 0) is 16.1 Å². The molecule has 1 saturated heterocycles. The second-order valence-corrected chi connectivity index (χ2v) is 8.88. The van der Waals surface area contributed by atoms with Crippen molar-refractivity contribution < 1.29 is 14.4 Å². The van der Waals surface area contributed by atoms with Gasteiger partial charge >= 0.3 is 0 Å². The van der Waals surface area contributed by atoms with Gasteiger partial charge in [-0.25, -0.2) is 4.98 Å². The number of anilines is 2. The number of fused-ring (bicyclic) bond motifs is 1. The van der Waals surface area contributed by atoms with Gasteiger partial charge in [0.25, 0.3) is 5.91 Å². The Bertz CT molecular complexity index is 1370. The molecule has 0 radical (unpaired) electrons. The number of halogens is 1. The molecule has 0 aliphatic carbocycles. The van der Waals surface area contributed by atoms with Crippen molar-refractivity contribution >= 4 is 61.7 Å². The zero-order chi connectivity index (χ0) is 22.9. The molecule has 0 atom stereocenters. The fourth-order valence-corrected chi connectivity index (χ4v) is 4.96. The molecule has 0 unspecified atom stereocenters. The zero-order valence-corrected chi connectivity index (χ0v) is 18.8. The Balaban J connectivity index is 1.55. The summed E-state index contributed by atoms with van der Waals surface area (Å²) in [6.07, 6.45) is 2.02. The normalized spacial score (nSPS) is 13.7. The van der Waals surface area contributed by atoms with E-state index in [2.05, 4.69) is 9.97 Å². The minimum absolute atomic E-state index is 0.176. The van der Waals surface area contributed by atoms with Crippen LogP contribution in [0.2, 0.25) is 5.02 Å². The maximum absolute atomic E-state index is 13.7. The number of imide groups is 1. The molecular formula is C24H17ClN4O3S. The Kier molecular flexibility index (Phi) is 5.62. The zero-order valence-electron chi connectivity index (χ0n) is 17.3. The molecule has 3 amide bonds. The first-order chi connectivity index (χ1) is 16.0. The van der Waals surface area contributed by atoms with Gasteiger partial charge in [0.2, 0.25) is 11.8 Å². The summed E-state index contributed by atoms with van der Waals surface area (Å²) in [6.45, 7) is 0.197. The van der Waals surface area contributed by atoms with E-state index in [0.717, 1.165) is 9.60 Å². The average Bonchev–Trinajstić information content (AvgIpc) is 3.41. The van der Waals surface area contributed by atoms with E-state index in [4.69, 9.17) is 11.6 Å². The third-order valence-electron chi connectivity index (χ3n) is 5.28. The van der Waals surface area contributed by atoms with Crippen molar-refractivity contribution in [1.82, 2.24) is 9.97 Å². The van der Waals surface area contributed by atoms with Crippen LogP contribution >= 0.6 is 22.9 Å². The minimum atomic E-state index is -0.322. The predicted octanol–water partition coefficient (Wildman–Crippen LogP) is 4.85. The monoisotopic (exact) mass is 476 g/mol. The largest absolute Gasteiger partial charge is 0.278 e. The highest BCUT2D eigenvalue weighted by Crippen LogP contribution is 2.34. The maximum atomic E-state index is 13.7. The average molecular weight is 477 g/mol. The molecule has 2 aromatic carbocycles. The highest BCUT2D eigenvalue weighted by molar-refractivity contribution is 7.22. The summed E-state index contributed by atoms with van der Waals surface area (Å²) < 4.78 is 0.860. The number of carbonyl (C=O) groups excluding carboxylic acids is 3. The van der Waals surface area contributed by atoms with Crippen LogP contribution in [-0.4, -0.2) is 27.7 Å². The predicted molar refractivity (Wildman–Crippen MR) is 128 cm³/mol. The van der Waals surface area contributed by atoms with Gasteiger partial charge in [0.15, 0.2) is 5.13 Å². The Hall–Kier alpha value is -3.62. The smallest absolute Gasteiger partial charge is 0.260 e. The number of benzene rings is 2. The summed E-state index contributed by atoms with van der Waals surface area (Å²) in [6, 6.07) is 17.5. The fraction of sp³-hybridized carbons (Fsp3) is 0.125. The van der Waals surface area contributed by atoms with Crippen LogP contribution < -0.4 is 9.80 Å². The standard InChI is InChI=1S/C24H17ClN4O3S/c25-18-8-4-9-19-22(18)27-24(33-19)28(14-16-6-1-2-12-26-16)23(32)15-5-3-7-17(13-15)29-20(30)10-11-21(29)31/h1-9,12-13H,10-11,14H2. The molecule has 0 bridgehead atoms. The van der Waals surface area contributed by atoms with Crippen molar-refractivity contribution in [1.29, 1.82) is 0 Å². The lowest BCUT2D eigenvalue weighted by Gasteiger charge is -2.21. The van der Waals surface area contributed by atoms with Gasteiger partial charge in [0.05, 0.1) is 27.6 Å².